The summed E-state index contributed by atoms with van der Waals surface area (Å²) >= 11 is 6.71. The van der Waals surface area contributed by atoms with Gasteiger partial charge in [-0.2, -0.15) is 0 Å². The number of carbonyl (C=O) groups is 1. The normalized spacial score (nSPS) is 10.6. The van der Waals surface area contributed by atoms with E-state index in [4.69, 9.17) is 4.74 Å². The lowest BCUT2D eigenvalue weighted by atomic mass is 10.1. The van der Waals surface area contributed by atoms with Crippen LogP contribution >= 0.6 is 31.9 Å². The first-order chi connectivity index (χ1) is 8.52. The number of nitrogens with one attached hydrogen (secondary N) is 1. The summed E-state index contributed by atoms with van der Waals surface area (Å²) in [6.45, 7) is 1.93. The third-order valence-corrected chi connectivity index (χ3v) is 3.45. The van der Waals surface area contributed by atoms with Gasteiger partial charge in [0, 0.05) is 14.3 Å². The molecule has 0 fully saturated rings. The molecule has 4 nitrogen and oxygen atoms in total. The average Bonchev–Trinajstić information content (AvgIpc) is 2.29. The van der Waals surface area contributed by atoms with Crippen molar-refractivity contribution in [2.45, 2.75) is 6.92 Å². The number of benzene rings is 1. The molecule has 1 N–H and O–H groups in total. The molecule has 0 atom stereocenters. The summed E-state index contributed by atoms with van der Waals surface area (Å²) in [5.41, 5.74) is 0.203. The molecule has 0 aliphatic carbocycles. The Morgan fingerprint density at radius 3 is 2.72 bits per heavy atom. The second-order valence-electron chi connectivity index (χ2n) is 3.58. The van der Waals surface area contributed by atoms with Gasteiger partial charge < -0.3 is 9.72 Å². The summed E-state index contributed by atoms with van der Waals surface area (Å²) in [6, 6.07) is 5.17. The number of rotatable bonds is 2. The van der Waals surface area contributed by atoms with Crippen LogP contribution in [-0.4, -0.2) is 17.6 Å². The highest BCUT2D eigenvalue weighted by molar-refractivity contribution is 9.11. The van der Waals surface area contributed by atoms with Gasteiger partial charge in [-0.05, 0) is 41.1 Å². The standard InChI is InChI=1S/C12H9Br2NO3/c1-2-18-12(17)8-4-6-3-7(13)5-9(14)10(6)15-11(8)16/h3-5H,2H2,1H3,(H,15,16). The van der Waals surface area contributed by atoms with Crippen LogP contribution in [-0.2, 0) is 4.74 Å². The minimum Gasteiger partial charge on any atom is -0.462 e. The summed E-state index contributed by atoms with van der Waals surface area (Å²) < 4.78 is 6.44. The fourth-order valence-electron chi connectivity index (χ4n) is 1.60. The molecule has 18 heavy (non-hydrogen) atoms. The number of ether oxygens (including phenoxy) is 1. The van der Waals surface area contributed by atoms with Gasteiger partial charge >= 0.3 is 5.97 Å². The van der Waals surface area contributed by atoms with Crippen LogP contribution in [0.4, 0.5) is 0 Å². The Kier molecular flexibility index (Phi) is 3.87. The number of fused-ring (bicyclic) bond motifs is 1. The van der Waals surface area contributed by atoms with Crippen LogP contribution in [0.15, 0.2) is 31.9 Å². The van der Waals surface area contributed by atoms with Crippen LogP contribution in [0.5, 0.6) is 0 Å². The van der Waals surface area contributed by atoms with Gasteiger partial charge in [-0.25, -0.2) is 4.79 Å². The first-order valence-electron chi connectivity index (χ1n) is 5.22. The average molecular weight is 375 g/mol. The summed E-state index contributed by atoms with van der Waals surface area (Å²) in [5.74, 6) is -0.614. The molecular weight excluding hydrogens is 366 g/mol. The Labute approximate surface area is 120 Å². The van der Waals surface area contributed by atoms with Crippen LogP contribution in [0.2, 0.25) is 0 Å². The Bertz CT molecular complexity index is 679. The number of aromatic amines is 1. The molecule has 0 bridgehead atoms. The minimum absolute atomic E-state index is 0.00866. The third-order valence-electron chi connectivity index (χ3n) is 2.36. The van der Waals surface area contributed by atoms with E-state index in [0.717, 1.165) is 14.3 Å². The van der Waals surface area contributed by atoms with E-state index in [0.29, 0.717) is 5.52 Å². The predicted molar refractivity (Wildman–Crippen MR) is 75.9 cm³/mol. The Morgan fingerprint density at radius 2 is 2.06 bits per heavy atom. The number of carbonyl (C=O) groups excluding carboxylic acids is 1. The molecule has 6 heteroatoms. The molecule has 1 aromatic heterocycles. The maximum absolute atomic E-state index is 11.8. The van der Waals surface area contributed by atoms with Crippen molar-refractivity contribution in [3.05, 3.63) is 43.1 Å². The molecule has 0 unspecified atom stereocenters. The Morgan fingerprint density at radius 1 is 1.33 bits per heavy atom. The number of aromatic nitrogens is 1. The quantitative estimate of drug-likeness (QED) is 0.821. The Hall–Kier alpha value is -1.14. The number of hydrogen-bond acceptors (Lipinski definition) is 3. The van der Waals surface area contributed by atoms with E-state index >= 15 is 0 Å². The highest BCUT2D eigenvalue weighted by Gasteiger charge is 2.14. The minimum atomic E-state index is -0.614. The first kappa shape index (κ1) is 13.3. The summed E-state index contributed by atoms with van der Waals surface area (Å²) in [7, 11) is 0. The molecule has 2 rings (SSSR count). The number of pyridine rings is 1. The summed E-state index contributed by atoms with van der Waals surface area (Å²) in [5, 5.41) is 0.749. The third kappa shape index (κ3) is 2.49. The van der Waals surface area contributed by atoms with Gasteiger partial charge in [0.05, 0.1) is 12.1 Å². The maximum Gasteiger partial charge on any atom is 0.343 e. The van der Waals surface area contributed by atoms with E-state index in [2.05, 4.69) is 36.8 Å². The van der Waals surface area contributed by atoms with E-state index in [9.17, 15) is 9.59 Å². The highest BCUT2D eigenvalue weighted by atomic mass is 79.9. The van der Waals surface area contributed by atoms with Gasteiger partial charge in [-0.1, -0.05) is 15.9 Å². The van der Waals surface area contributed by atoms with Crippen molar-refractivity contribution in [3.8, 4) is 0 Å². The van der Waals surface area contributed by atoms with Gasteiger partial charge in [-0.3, -0.25) is 4.79 Å². The molecule has 0 radical (unpaired) electrons. The Balaban J connectivity index is 2.68. The summed E-state index contributed by atoms with van der Waals surface area (Å²) in [4.78, 5) is 26.1. The molecule has 0 aliphatic heterocycles. The van der Waals surface area contributed by atoms with Crippen LogP contribution in [0.1, 0.15) is 17.3 Å². The van der Waals surface area contributed by atoms with E-state index in [1.807, 2.05) is 12.1 Å². The van der Waals surface area contributed by atoms with Crippen molar-refractivity contribution in [2.75, 3.05) is 6.61 Å². The molecule has 0 spiro atoms. The number of halogens is 2. The van der Waals surface area contributed by atoms with Crippen molar-refractivity contribution in [1.29, 1.82) is 0 Å². The number of H-pyrrole nitrogens is 1. The predicted octanol–water partition coefficient (Wildman–Crippen LogP) is 3.23. The van der Waals surface area contributed by atoms with Gasteiger partial charge in [-0.15, -0.1) is 0 Å². The van der Waals surface area contributed by atoms with Crippen LogP contribution in [0.25, 0.3) is 10.9 Å². The van der Waals surface area contributed by atoms with E-state index in [1.54, 1.807) is 6.92 Å². The molecule has 94 valence electrons. The largest absolute Gasteiger partial charge is 0.462 e. The number of esters is 1. The van der Waals surface area contributed by atoms with E-state index < -0.39 is 11.5 Å². The topological polar surface area (TPSA) is 59.2 Å². The van der Waals surface area contributed by atoms with E-state index in [-0.39, 0.29) is 12.2 Å². The molecule has 0 saturated carbocycles. The zero-order valence-electron chi connectivity index (χ0n) is 9.42. The lowest BCUT2D eigenvalue weighted by Crippen LogP contribution is -2.19. The molecule has 1 heterocycles. The number of hydrogen-bond donors (Lipinski definition) is 1. The van der Waals surface area contributed by atoms with Gasteiger partial charge in [0.2, 0.25) is 0 Å². The second kappa shape index (κ2) is 5.24. The van der Waals surface area contributed by atoms with Crippen molar-refractivity contribution in [1.82, 2.24) is 4.98 Å². The van der Waals surface area contributed by atoms with Crippen molar-refractivity contribution < 1.29 is 9.53 Å². The van der Waals surface area contributed by atoms with Gasteiger partial charge in [0.15, 0.2) is 0 Å². The summed E-state index contributed by atoms with van der Waals surface area (Å²) in [6.07, 6.45) is 0. The lowest BCUT2D eigenvalue weighted by molar-refractivity contribution is 0.0524. The zero-order valence-corrected chi connectivity index (χ0v) is 12.6. The van der Waals surface area contributed by atoms with Crippen LogP contribution in [0.3, 0.4) is 0 Å². The zero-order chi connectivity index (χ0) is 13.3. The fourth-order valence-corrected chi connectivity index (χ4v) is 2.96. The van der Waals surface area contributed by atoms with Crippen LogP contribution < -0.4 is 5.56 Å². The molecule has 0 saturated heterocycles. The maximum atomic E-state index is 11.8. The smallest absolute Gasteiger partial charge is 0.343 e. The monoisotopic (exact) mass is 373 g/mol. The second-order valence-corrected chi connectivity index (χ2v) is 5.35. The van der Waals surface area contributed by atoms with E-state index in [1.165, 1.54) is 6.07 Å². The van der Waals surface area contributed by atoms with Crippen molar-refractivity contribution in [2.24, 2.45) is 0 Å². The van der Waals surface area contributed by atoms with Crippen LogP contribution in [0, 0.1) is 0 Å². The van der Waals surface area contributed by atoms with Crippen molar-refractivity contribution >= 4 is 48.7 Å². The highest BCUT2D eigenvalue weighted by Crippen LogP contribution is 2.26. The first-order valence-corrected chi connectivity index (χ1v) is 6.80. The van der Waals surface area contributed by atoms with Crippen molar-refractivity contribution in [3.63, 3.8) is 0 Å². The molecule has 0 aliphatic rings. The molecule has 2 aromatic rings. The lowest BCUT2D eigenvalue weighted by Gasteiger charge is -2.05. The fraction of sp³-hybridized carbons (Fsp3) is 0.167. The molecular formula is C12H9Br2NO3. The van der Waals surface area contributed by atoms with Gasteiger partial charge in [0.1, 0.15) is 5.56 Å². The van der Waals surface area contributed by atoms with Gasteiger partial charge in [0.25, 0.3) is 5.56 Å². The molecule has 1 aromatic carbocycles. The molecule has 0 amide bonds. The SMILES string of the molecule is CCOC(=O)c1cc2cc(Br)cc(Br)c2[nH]c1=O.